The summed E-state index contributed by atoms with van der Waals surface area (Å²) in [5.41, 5.74) is 1.98. The molecule has 0 aliphatic heterocycles. The highest BCUT2D eigenvalue weighted by atomic mass is 32.2. The van der Waals surface area contributed by atoms with Gasteiger partial charge in [0.05, 0.1) is 4.90 Å². The maximum absolute atomic E-state index is 11.5. The van der Waals surface area contributed by atoms with Crippen molar-refractivity contribution in [2.45, 2.75) is 4.90 Å². The normalized spacial score (nSPS) is 11.8. The highest BCUT2D eigenvalue weighted by molar-refractivity contribution is 7.90. The zero-order chi connectivity index (χ0) is 13.5. The maximum Gasteiger partial charge on any atom is 0.227 e. The van der Waals surface area contributed by atoms with E-state index in [0.29, 0.717) is 17.0 Å². The zero-order valence-electron chi connectivity index (χ0n) is 10.2. The summed E-state index contributed by atoms with van der Waals surface area (Å²) in [4.78, 5) is 4.57. The molecule has 5 heteroatoms. The van der Waals surface area contributed by atoms with Crippen molar-refractivity contribution in [1.29, 1.82) is 0 Å². The summed E-state index contributed by atoms with van der Waals surface area (Å²) < 4.78 is 28.6. The van der Waals surface area contributed by atoms with E-state index in [0.717, 1.165) is 5.56 Å². The Bertz CT molecular complexity index is 836. The van der Waals surface area contributed by atoms with E-state index in [4.69, 9.17) is 4.42 Å². The van der Waals surface area contributed by atoms with Crippen LogP contribution in [0.5, 0.6) is 0 Å². The first-order chi connectivity index (χ1) is 9.04. The van der Waals surface area contributed by atoms with Crippen molar-refractivity contribution in [2.24, 2.45) is 0 Å². The van der Waals surface area contributed by atoms with Crippen LogP contribution in [0.4, 0.5) is 0 Å². The number of benzene rings is 2. The third-order valence-electron chi connectivity index (χ3n) is 2.81. The average Bonchev–Trinajstić information content (AvgIpc) is 2.81. The van der Waals surface area contributed by atoms with Gasteiger partial charge in [0, 0.05) is 11.8 Å². The number of rotatable bonds is 2. The lowest BCUT2D eigenvalue weighted by Crippen LogP contribution is -1.95. The van der Waals surface area contributed by atoms with Gasteiger partial charge < -0.3 is 4.42 Å². The molecule has 0 radical (unpaired) electrons. The number of hydrogen-bond donors (Lipinski definition) is 0. The number of hydrogen-bond acceptors (Lipinski definition) is 4. The number of nitrogens with zero attached hydrogens (tertiary/aromatic N) is 1. The number of sulfone groups is 1. The molecule has 0 saturated heterocycles. The van der Waals surface area contributed by atoms with E-state index in [-0.39, 0.29) is 4.90 Å². The van der Waals surface area contributed by atoms with Crippen LogP contribution in [0.15, 0.2) is 57.8 Å². The van der Waals surface area contributed by atoms with Crippen molar-refractivity contribution >= 4 is 20.9 Å². The van der Waals surface area contributed by atoms with Gasteiger partial charge in [-0.2, -0.15) is 0 Å². The molecule has 0 bridgehead atoms. The highest BCUT2D eigenvalue weighted by Crippen LogP contribution is 2.25. The van der Waals surface area contributed by atoms with Gasteiger partial charge in [-0.25, -0.2) is 13.4 Å². The van der Waals surface area contributed by atoms with Crippen LogP contribution in [0.2, 0.25) is 0 Å². The van der Waals surface area contributed by atoms with Gasteiger partial charge >= 0.3 is 0 Å². The molecule has 2 aromatic carbocycles. The second-order valence-electron chi connectivity index (χ2n) is 4.29. The summed E-state index contributed by atoms with van der Waals surface area (Å²) in [5.74, 6) is 0.487. The molecule has 0 fully saturated rings. The molecule has 1 heterocycles. The summed E-state index contributed by atoms with van der Waals surface area (Å²) in [6.45, 7) is 0. The highest BCUT2D eigenvalue weighted by Gasteiger charge is 2.12. The van der Waals surface area contributed by atoms with Gasteiger partial charge in [-0.3, -0.25) is 0 Å². The van der Waals surface area contributed by atoms with E-state index < -0.39 is 9.84 Å². The topological polar surface area (TPSA) is 60.2 Å². The lowest BCUT2D eigenvalue weighted by Gasteiger charge is -1.95. The largest absolute Gasteiger partial charge is 0.436 e. The molecule has 0 spiro atoms. The fourth-order valence-corrected chi connectivity index (χ4v) is 2.48. The molecule has 0 N–H and O–H groups in total. The van der Waals surface area contributed by atoms with Crippen LogP contribution in [0.1, 0.15) is 0 Å². The third kappa shape index (κ3) is 2.24. The van der Waals surface area contributed by atoms with Gasteiger partial charge in [0.25, 0.3) is 0 Å². The first-order valence-electron chi connectivity index (χ1n) is 5.70. The molecule has 0 amide bonds. The number of oxazole rings is 1. The molecule has 19 heavy (non-hydrogen) atoms. The Balaban J connectivity index is 2.17. The Morgan fingerprint density at radius 2 is 1.79 bits per heavy atom. The van der Waals surface area contributed by atoms with Crippen molar-refractivity contribution in [1.82, 2.24) is 4.98 Å². The van der Waals surface area contributed by atoms with Crippen LogP contribution >= 0.6 is 0 Å². The Labute approximate surface area is 110 Å². The fraction of sp³-hybridized carbons (Fsp3) is 0.0714. The van der Waals surface area contributed by atoms with Gasteiger partial charge in [-0.05, 0) is 30.3 Å². The maximum atomic E-state index is 11.5. The number of fused-ring (bicyclic) bond motifs is 1. The van der Waals surface area contributed by atoms with Crippen molar-refractivity contribution in [3.8, 4) is 11.5 Å². The van der Waals surface area contributed by atoms with Crippen molar-refractivity contribution in [2.75, 3.05) is 6.26 Å². The molecule has 0 atom stereocenters. The number of aromatic nitrogens is 1. The summed E-state index contributed by atoms with van der Waals surface area (Å²) in [6, 6.07) is 14.2. The van der Waals surface area contributed by atoms with E-state index in [1.165, 1.54) is 18.4 Å². The second kappa shape index (κ2) is 4.20. The predicted octanol–water partition coefficient (Wildman–Crippen LogP) is 2.90. The van der Waals surface area contributed by atoms with Crippen LogP contribution in [0, 0.1) is 0 Å². The van der Waals surface area contributed by atoms with E-state index in [1.807, 2.05) is 30.3 Å². The molecule has 1 aromatic heterocycles. The minimum atomic E-state index is -3.23. The van der Waals surface area contributed by atoms with Gasteiger partial charge in [0.15, 0.2) is 15.4 Å². The third-order valence-corrected chi connectivity index (χ3v) is 3.92. The van der Waals surface area contributed by atoms with Crippen LogP contribution in [-0.2, 0) is 9.84 Å². The average molecular weight is 273 g/mol. The van der Waals surface area contributed by atoms with Crippen LogP contribution in [-0.4, -0.2) is 19.7 Å². The molecular formula is C14H11NO3S. The van der Waals surface area contributed by atoms with E-state index in [1.54, 1.807) is 6.07 Å². The fourth-order valence-electron chi connectivity index (χ4n) is 1.84. The smallest absolute Gasteiger partial charge is 0.227 e. The summed E-state index contributed by atoms with van der Waals surface area (Å²) in [6.07, 6.45) is 1.17. The first kappa shape index (κ1) is 11.9. The van der Waals surface area contributed by atoms with E-state index >= 15 is 0 Å². The summed E-state index contributed by atoms with van der Waals surface area (Å²) >= 11 is 0. The molecule has 96 valence electrons. The Kier molecular flexibility index (Phi) is 2.64. The van der Waals surface area contributed by atoms with Crippen molar-refractivity contribution < 1.29 is 12.8 Å². The Morgan fingerprint density at radius 3 is 2.47 bits per heavy atom. The molecule has 4 nitrogen and oxygen atoms in total. The molecule has 0 saturated carbocycles. The molecule has 3 rings (SSSR count). The first-order valence-corrected chi connectivity index (χ1v) is 7.59. The van der Waals surface area contributed by atoms with Crippen molar-refractivity contribution in [3.05, 3.63) is 48.5 Å². The molecule has 3 aromatic rings. The lowest BCUT2D eigenvalue weighted by atomic mass is 10.2. The van der Waals surface area contributed by atoms with Gasteiger partial charge in [-0.15, -0.1) is 0 Å². The standard InChI is InChI=1S/C14H11NO3S/c1-19(16,17)11-7-8-13-12(9-11)15-14(18-13)10-5-3-2-4-6-10/h2-9H,1H3. The predicted molar refractivity (Wildman–Crippen MR) is 72.6 cm³/mol. The Morgan fingerprint density at radius 1 is 1.05 bits per heavy atom. The molecular weight excluding hydrogens is 262 g/mol. The van der Waals surface area contributed by atoms with Crippen LogP contribution in [0.25, 0.3) is 22.6 Å². The van der Waals surface area contributed by atoms with E-state index in [9.17, 15) is 8.42 Å². The zero-order valence-corrected chi connectivity index (χ0v) is 11.0. The summed E-state index contributed by atoms with van der Waals surface area (Å²) in [7, 11) is -3.23. The molecule has 0 aliphatic rings. The minimum absolute atomic E-state index is 0.243. The lowest BCUT2D eigenvalue weighted by molar-refractivity contribution is 0.602. The van der Waals surface area contributed by atoms with Gasteiger partial charge in [0.1, 0.15) is 5.52 Å². The molecule has 0 aliphatic carbocycles. The summed E-state index contributed by atoms with van der Waals surface area (Å²) in [5, 5.41) is 0. The monoisotopic (exact) mass is 273 g/mol. The van der Waals surface area contributed by atoms with Crippen LogP contribution < -0.4 is 0 Å². The molecule has 0 unspecified atom stereocenters. The van der Waals surface area contributed by atoms with Gasteiger partial charge in [-0.1, -0.05) is 18.2 Å². The SMILES string of the molecule is CS(=O)(=O)c1ccc2oc(-c3ccccc3)nc2c1. The van der Waals surface area contributed by atoms with Crippen LogP contribution in [0.3, 0.4) is 0 Å². The van der Waals surface area contributed by atoms with Crippen molar-refractivity contribution in [3.63, 3.8) is 0 Å². The quantitative estimate of drug-likeness (QED) is 0.720. The minimum Gasteiger partial charge on any atom is -0.436 e. The Hall–Kier alpha value is -2.14. The second-order valence-corrected chi connectivity index (χ2v) is 6.30. The van der Waals surface area contributed by atoms with Gasteiger partial charge in [0.2, 0.25) is 5.89 Å². The van der Waals surface area contributed by atoms with E-state index in [2.05, 4.69) is 4.98 Å².